The van der Waals surface area contributed by atoms with Crippen LogP contribution >= 0.6 is 0 Å². The lowest BCUT2D eigenvalue weighted by Gasteiger charge is -2.18. The molecule has 0 bridgehead atoms. The van der Waals surface area contributed by atoms with Gasteiger partial charge in [0.25, 0.3) is 0 Å². The van der Waals surface area contributed by atoms with Crippen molar-refractivity contribution in [2.75, 3.05) is 20.1 Å². The monoisotopic (exact) mass is 299 g/mol. The molecule has 0 aliphatic carbocycles. The molecule has 0 aromatic heterocycles. The van der Waals surface area contributed by atoms with Gasteiger partial charge in [-0.1, -0.05) is 64.7 Å². The second-order valence-corrected chi connectivity index (χ2v) is 5.71. The molecule has 0 saturated carbocycles. The van der Waals surface area contributed by atoms with Gasteiger partial charge in [-0.2, -0.15) is 0 Å². The summed E-state index contributed by atoms with van der Waals surface area (Å²) in [6.07, 6.45) is 12.9. The smallest absolute Gasteiger partial charge is 0.323 e. The van der Waals surface area contributed by atoms with Crippen molar-refractivity contribution in [3.05, 3.63) is 0 Å². The lowest BCUT2D eigenvalue weighted by Crippen LogP contribution is -2.41. The molecule has 0 aromatic rings. The summed E-state index contributed by atoms with van der Waals surface area (Å²) >= 11 is 0. The van der Waals surface area contributed by atoms with Gasteiger partial charge in [-0.15, -0.1) is 0 Å². The molecule has 0 heterocycles. The van der Waals surface area contributed by atoms with Gasteiger partial charge in [0.2, 0.25) is 0 Å². The molecule has 5 nitrogen and oxygen atoms in total. The number of carbonyl (C=O) groups is 1. The molecule has 0 spiro atoms. The summed E-state index contributed by atoms with van der Waals surface area (Å²) in [7, 11) is 1.61. The fourth-order valence-electron chi connectivity index (χ4n) is 2.24. The van der Waals surface area contributed by atoms with Gasteiger partial charge in [0.1, 0.15) is 6.54 Å². The molecule has 0 saturated heterocycles. The van der Waals surface area contributed by atoms with Gasteiger partial charge >= 0.3 is 5.97 Å². The first-order valence-electron chi connectivity index (χ1n) is 8.33. The normalized spacial score (nSPS) is 10.4. The molecule has 0 unspecified atom stereocenters. The van der Waals surface area contributed by atoms with Crippen molar-refractivity contribution in [3.63, 3.8) is 0 Å². The maximum atomic E-state index is 10.5. The zero-order valence-corrected chi connectivity index (χ0v) is 13.8. The Morgan fingerprint density at radius 2 is 1.48 bits per heavy atom. The lowest BCUT2D eigenvalue weighted by molar-refractivity contribution is -0.137. The molecule has 0 rings (SSSR count). The Morgan fingerprint density at radius 1 is 1.00 bits per heavy atom. The van der Waals surface area contributed by atoms with E-state index in [1.807, 2.05) is 0 Å². The zero-order valence-electron chi connectivity index (χ0n) is 13.8. The molecular formula is C16H33N3O2. The molecule has 0 amide bonds. The van der Waals surface area contributed by atoms with Crippen molar-refractivity contribution < 1.29 is 9.90 Å². The highest BCUT2D eigenvalue weighted by atomic mass is 16.4. The number of aliphatic carboxylic acids is 1. The highest BCUT2D eigenvalue weighted by Gasteiger charge is 2.07. The number of hydrogen-bond donors (Lipinski definition) is 3. The van der Waals surface area contributed by atoms with Gasteiger partial charge in [-0.25, -0.2) is 0 Å². The van der Waals surface area contributed by atoms with E-state index < -0.39 is 5.97 Å². The SMILES string of the molecule is CCCCCCCCCCCCNC(=N)N(C)CC(=O)O. The summed E-state index contributed by atoms with van der Waals surface area (Å²) in [4.78, 5) is 11.9. The Bertz CT molecular complexity index is 283. The van der Waals surface area contributed by atoms with Crippen molar-refractivity contribution in [2.24, 2.45) is 0 Å². The Balaban J connectivity index is 3.28. The molecule has 0 fully saturated rings. The summed E-state index contributed by atoms with van der Waals surface area (Å²) < 4.78 is 0. The largest absolute Gasteiger partial charge is 0.480 e. The van der Waals surface area contributed by atoms with Gasteiger partial charge < -0.3 is 15.3 Å². The van der Waals surface area contributed by atoms with E-state index in [1.54, 1.807) is 7.05 Å². The summed E-state index contributed by atoms with van der Waals surface area (Å²) in [6.45, 7) is 2.86. The molecule has 0 aliphatic heterocycles. The molecule has 21 heavy (non-hydrogen) atoms. The van der Waals surface area contributed by atoms with E-state index in [4.69, 9.17) is 10.5 Å². The molecule has 3 N–H and O–H groups in total. The van der Waals surface area contributed by atoms with Crippen molar-refractivity contribution in [1.82, 2.24) is 10.2 Å². The van der Waals surface area contributed by atoms with Gasteiger partial charge in [-0.3, -0.25) is 10.2 Å². The zero-order chi connectivity index (χ0) is 15.9. The second-order valence-electron chi connectivity index (χ2n) is 5.71. The average molecular weight is 299 g/mol. The molecule has 5 heteroatoms. The molecule has 0 aromatic carbocycles. The number of rotatable bonds is 13. The van der Waals surface area contributed by atoms with Crippen LogP contribution in [0.15, 0.2) is 0 Å². The van der Waals surface area contributed by atoms with Crippen LogP contribution in [-0.2, 0) is 4.79 Å². The Morgan fingerprint density at radius 3 is 1.95 bits per heavy atom. The van der Waals surface area contributed by atoms with E-state index in [0.717, 1.165) is 13.0 Å². The van der Waals surface area contributed by atoms with Gasteiger partial charge in [0, 0.05) is 13.6 Å². The third-order valence-corrected chi connectivity index (χ3v) is 3.58. The number of unbranched alkanes of at least 4 members (excludes halogenated alkanes) is 9. The maximum Gasteiger partial charge on any atom is 0.323 e. The van der Waals surface area contributed by atoms with E-state index >= 15 is 0 Å². The third-order valence-electron chi connectivity index (χ3n) is 3.58. The van der Waals surface area contributed by atoms with Gasteiger partial charge in [0.05, 0.1) is 0 Å². The minimum Gasteiger partial charge on any atom is -0.480 e. The maximum absolute atomic E-state index is 10.5. The van der Waals surface area contributed by atoms with E-state index in [2.05, 4.69) is 12.2 Å². The summed E-state index contributed by atoms with van der Waals surface area (Å²) in [5.74, 6) is -0.726. The summed E-state index contributed by atoms with van der Waals surface area (Å²) in [5.41, 5.74) is 0. The Labute approximate surface area is 129 Å². The van der Waals surface area contributed by atoms with Crippen molar-refractivity contribution >= 4 is 11.9 Å². The van der Waals surface area contributed by atoms with Gasteiger partial charge in [0.15, 0.2) is 5.96 Å². The summed E-state index contributed by atoms with van der Waals surface area (Å²) in [5, 5.41) is 19.3. The molecule has 124 valence electrons. The van der Waals surface area contributed by atoms with Crippen molar-refractivity contribution in [3.8, 4) is 0 Å². The predicted molar refractivity (Wildman–Crippen MR) is 87.8 cm³/mol. The first-order chi connectivity index (χ1) is 10.1. The number of carboxylic acids is 1. The van der Waals surface area contributed by atoms with Crippen LogP contribution in [0.3, 0.4) is 0 Å². The average Bonchev–Trinajstić information content (AvgIpc) is 2.43. The summed E-state index contributed by atoms with van der Waals surface area (Å²) in [6, 6.07) is 0. The first-order valence-corrected chi connectivity index (χ1v) is 8.33. The van der Waals surface area contributed by atoms with Crippen LogP contribution < -0.4 is 5.32 Å². The van der Waals surface area contributed by atoms with Crippen LogP contribution in [0.5, 0.6) is 0 Å². The number of nitrogens with zero attached hydrogens (tertiary/aromatic N) is 1. The van der Waals surface area contributed by atoms with E-state index in [-0.39, 0.29) is 12.5 Å². The van der Waals surface area contributed by atoms with E-state index in [9.17, 15) is 4.79 Å². The van der Waals surface area contributed by atoms with E-state index in [0.29, 0.717) is 0 Å². The molecular weight excluding hydrogens is 266 g/mol. The molecule has 0 atom stereocenters. The van der Waals surface area contributed by atoms with Crippen LogP contribution in [0.2, 0.25) is 0 Å². The predicted octanol–water partition coefficient (Wildman–Crippen LogP) is 3.45. The van der Waals surface area contributed by atoms with Crippen LogP contribution in [-0.4, -0.2) is 42.1 Å². The number of hydrogen-bond acceptors (Lipinski definition) is 2. The van der Waals surface area contributed by atoms with Crippen LogP contribution in [0.25, 0.3) is 0 Å². The molecule has 0 aliphatic rings. The second kappa shape index (κ2) is 13.7. The van der Waals surface area contributed by atoms with Gasteiger partial charge in [-0.05, 0) is 6.42 Å². The van der Waals surface area contributed by atoms with Crippen molar-refractivity contribution in [1.29, 1.82) is 5.41 Å². The van der Waals surface area contributed by atoms with E-state index in [1.165, 1.54) is 62.7 Å². The molecule has 0 radical (unpaired) electrons. The lowest BCUT2D eigenvalue weighted by atomic mass is 10.1. The highest BCUT2D eigenvalue weighted by molar-refractivity contribution is 5.81. The minimum atomic E-state index is -0.914. The highest BCUT2D eigenvalue weighted by Crippen LogP contribution is 2.10. The fourth-order valence-corrected chi connectivity index (χ4v) is 2.24. The number of carboxylic acid groups (broad SMARTS) is 1. The number of guanidine groups is 1. The standard InChI is InChI=1S/C16H33N3O2/c1-3-4-5-6-7-8-9-10-11-12-13-18-16(17)19(2)14-15(20)21/h3-14H2,1-2H3,(H2,17,18)(H,20,21). The van der Waals surface area contributed by atoms with Crippen LogP contribution in [0, 0.1) is 5.41 Å². The van der Waals surface area contributed by atoms with Crippen molar-refractivity contribution in [2.45, 2.75) is 71.1 Å². The minimum absolute atomic E-state index is 0.135. The first kappa shape index (κ1) is 19.7. The Kier molecular flexibility index (Phi) is 12.9. The fraction of sp³-hybridized carbons (Fsp3) is 0.875. The van der Waals surface area contributed by atoms with Crippen LogP contribution in [0.1, 0.15) is 71.1 Å². The number of nitrogens with one attached hydrogen (secondary N) is 2. The Hall–Kier alpha value is -1.26. The topological polar surface area (TPSA) is 76.4 Å². The number of likely N-dealkylation sites (N-methyl/N-ethyl adjacent to an activating group) is 1. The quantitative estimate of drug-likeness (QED) is 0.276. The third kappa shape index (κ3) is 13.5. The van der Waals surface area contributed by atoms with Crippen LogP contribution in [0.4, 0.5) is 0 Å².